The molecule has 106 valence electrons. The van der Waals surface area contributed by atoms with Crippen molar-refractivity contribution in [2.75, 3.05) is 7.11 Å². The molecule has 0 spiro atoms. The van der Waals surface area contributed by atoms with Gasteiger partial charge in [0.1, 0.15) is 17.2 Å². The fourth-order valence-electron chi connectivity index (χ4n) is 2.26. The van der Waals surface area contributed by atoms with Crippen molar-refractivity contribution in [3.63, 3.8) is 0 Å². The molecule has 0 saturated carbocycles. The summed E-state index contributed by atoms with van der Waals surface area (Å²) in [6, 6.07) is 10.4. The number of rotatable bonds is 2. The molecule has 0 bridgehead atoms. The molecule has 0 radical (unpaired) electrons. The summed E-state index contributed by atoms with van der Waals surface area (Å²) in [6.45, 7) is 1.72. The van der Waals surface area contributed by atoms with E-state index < -0.39 is 0 Å². The number of ketones is 1. The number of fused-ring (bicyclic) bond motifs is 1. The van der Waals surface area contributed by atoms with Crippen molar-refractivity contribution >= 4 is 11.9 Å². The zero-order chi connectivity index (χ0) is 15.0. The van der Waals surface area contributed by atoms with Gasteiger partial charge in [-0.1, -0.05) is 12.1 Å². The van der Waals surface area contributed by atoms with E-state index in [0.29, 0.717) is 22.6 Å². The third-order valence-corrected chi connectivity index (χ3v) is 3.45. The number of carbonyl (C=O) groups is 1. The molecule has 2 aromatic carbocycles. The molecule has 0 unspecified atom stereocenters. The minimum atomic E-state index is -0.184. The first-order valence-electron chi connectivity index (χ1n) is 6.51. The van der Waals surface area contributed by atoms with E-state index in [0.717, 1.165) is 5.56 Å². The highest BCUT2D eigenvalue weighted by Gasteiger charge is 2.29. The van der Waals surface area contributed by atoms with Crippen LogP contribution in [-0.4, -0.2) is 18.0 Å². The Hall–Kier alpha value is -2.75. The number of carbonyl (C=O) groups excluding carboxylic acids is 1. The predicted molar refractivity (Wildman–Crippen MR) is 78.8 cm³/mol. The number of Topliss-reactive ketones (excluding diaryl/α,β-unsaturated/α-hetero) is 1. The number of hydrogen-bond donors (Lipinski definition) is 1. The highest BCUT2D eigenvalue weighted by Crippen LogP contribution is 2.38. The van der Waals surface area contributed by atoms with Gasteiger partial charge in [0.15, 0.2) is 5.76 Å². The Bertz CT molecular complexity index is 759. The minimum absolute atomic E-state index is 0.115. The summed E-state index contributed by atoms with van der Waals surface area (Å²) in [6.07, 6.45) is 1.67. The Morgan fingerprint density at radius 2 is 2.05 bits per heavy atom. The second kappa shape index (κ2) is 4.98. The van der Waals surface area contributed by atoms with Gasteiger partial charge in [0.25, 0.3) is 0 Å². The van der Waals surface area contributed by atoms with Gasteiger partial charge in [0, 0.05) is 5.56 Å². The molecule has 0 fully saturated rings. The van der Waals surface area contributed by atoms with Crippen molar-refractivity contribution in [1.29, 1.82) is 0 Å². The summed E-state index contributed by atoms with van der Waals surface area (Å²) in [5, 5.41) is 9.69. The van der Waals surface area contributed by atoms with E-state index in [2.05, 4.69) is 0 Å². The second-order valence-electron chi connectivity index (χ2n) is 4.80. The standard InChI is InChI=1S/C17H14O4/c1-10-14(18)7-6-13-16(19)15(21-17(10)13)9-11-4-3-5-12(8-11)20-2/h3-9,18H,1-2H3/b15-9-. The Morgan fingerprint density at radius 1 is 1.24 bits per heavy atom. The molecule has 1 aliphatic heterocycles. The number of hydrogen-bond acceptors (Lipinski definition) is 4. The first kappa shape index (κ1) is 13.2. The van der Waals surface area contributed by atoms with Crippen LogP contribution < -0.4 is 9.47 Å². The van der Waals surface area contributed by atoms with Crippen LogP contribution in [0.5, 0.6) is 17.2 Å². The van der Waals surface area contributed by atoms with Gasteiger partial charge in [-0.15, -0.1) is 0 Å². The summed E-state index contributed by atoms with van der Waals surface area (Å²) >= 11 is 0. The molecule has 1 aliphatic rings. The molecule has 1 N–H and O–H groups in total. The number of phenols is 1. The van der Waals surface area contributed by atoms with Crippen molar-refractivity contribution in [1.82, 2.24) is 0 Å². The molecular formula is C17H14O4. The predicted octanol–water partition coefficient (Wildman–Crippen LogP) is 3.33. The van der Waals surface area contributed by atoms with Gasteiger partial charge < -0.3 is 14.6 Å². The van der Waals surface area contributed by atoms with Gasteiger partial charge in [-0.25, -0.2) is 0 Å². The summed E-state index contributed by atoms with van der Waals surface area (Å²) in [5.74, 6) is 1.31. The minimum Gasteiger partial charge on any atom is -0.508 e. The molecule has 4 heteroatoms. The fraction of sp³-hybridized carbons (Fsp3) is 0.118. The maximum Gasteiger partial charge on any atom is 0.231 e. The first-order valence-corrected chi connectivity index (χ1v) is 6.51. The van der Waals surface area contributed by atoms with E-state index in [4.69, 9.17) is 9.47 Å². The van der Waals surface area contributed by atoms with E-state index in [-0.39, 0.29) is 17.3 Å². The van der Waals surface area contributed by atoms with Crippen LogP contribution in [0.2, 0.25) is 0 Å². The Morgan fingerprint density at radius 3 is 2.81 bits per heavy atom. The number of benzene rings is 2. The van der Waals surface area contributed by atoms with Crippen LogP contribution in [0, 0.1) is 6.92 Å². The molecule has 0 amide bonds. The van der Waals surface area contributed by atoms with Gasteiger partial charge in [-0.3, -0.25) is 4.79 Å². The SMILES string of the molecule is COc1cccc(/C=C2\Oc3c(ccc(O)c3C)C2=O)c1. The first-order chi connectivity index (χ1) is 10.1. The van der Waals surface area contributed by atoms with Crippen LogP contribution >= 0.6 is 0 Å². The van der Waals surface area contributed by atoms with Gasteiger partial charge in [0.2, 0.25) is 5.78 Å². The lowest BCUT2D eigenvalue weighted by Crippen LogP contribution is -1.98. The lowest BCUT2D eigenvalue weighted by atomic mass is 10.1. The maximum atomic E-state index is 12.3. The lowest BCUT2D eigenvalue weighted by Gasteiger charge is -2.04. The lowest BCUT2D eigenvalue weighted by molar-refractivity contribution is 0.101. The van der Waals surface area contributed by atoms with E-state index >= 15 is 0 Å². The van der Waals surface area contributed by atoms with E-state index in [1.807, 2.05) is 24.3 Å². The monoisotopic (exact) mass is 282 g/mol. The quantitative estimate of drug-likeness (QED) is 0.858. The van der Waals surface area contributed by atoms with Gasteiger partial charge in [-0.05, 0) is 42.8 Å². The molecule has 2 aromatic rings. The third kappa shape index (κ3) is 2.25. The van der Waals surface area contributed by atoms with Gasteiger partial charge in [0.05, 0.1) is 12.7 Å². The molecule has 21 heavy (non-hydrogen) atoms. The van der Waals surface area contributed by atoms with Crippen LogP contribution in [0.3, 0.4) is 0 Å². The summed E-state index contributed by atoms with van der Waals surface area (Å²) < 4.78 is 10.8. The summed E-state index contributed by atoms with van der Waals surface area (Å²) in [4.78, 5) is 12.3. The molecule has 0 aliphatic carbocycles. The van der Waals surface area contributed by atoms with Crippen LogP contribution in [0.4, 0.5) is 0 Å². The molecule has 0 aromatic heterocycles. The van der Waals surface area contributed by atoms with Crippen LogP contribution in [0.1, 0.15) is 21.5 Å². The van der Waals surface area contributed by atoms with Crippen LogP contribution in [-0.2, 0) is 0 Å². The van der Waals surface area contributed by atoms with Crippen molar-refractivity contribution < 1.29 is 19.4 Å². The van der Waals surface area contributed by atoms with Crippen LogP contribution in [0.15, 0.2) is 42.2 Å². The largest absolute Gasteiger partial charge is 0.508 e. The third-order valence-electron chi connectivity index (χ3n) is 3.45. The summed E-state index contributed by atoms with van der Waals surface area (Å²) in [7, 11) is 1.59. The molecule has 0 atom stereocenters. The van der Waals surface area contributed by atoms with Gasteiger partial charge in [-0.2, -0.15) is 0 Å². The number of aromatic hydroxyl groups is 1. The number of methoxy groups -OCH3 is 1. The number of allylic oxidation sites excluding steroid dienone is 1. The van der Waals surface area contributed by atoms with Crippen molar-refractivity contribution in [2.45, 2.75) is 6.92 Å². The highest BCUT2D eigenvalue weighted by atomic mass is 16.5. The summed E-state index contributed by atoms with van der Waals surface area (Å²) in [5.41, 5.74) is 1.85. The van der Waals surface area contributed by atoms with Crippen molar-refractivity contribution in [2.24, 2.45) is 0 Å². The average Bonchev–Trinajstić information content (AvgIpc) is 2.81. The zero-order valence-electron chi connectivity index (χ0n) is 11.7. The van der Waals surface area contributed by atoms with E-state index in [1.165, 1.54) is 6.07 Å². The molecule has 1 heterocycles. The highest BCUT2D eigenvalue weighted by molar-refractivity contribution is 6.14. The molecule has 4 nitrogen and oxygen atoms in total. The topological polar surface area (TPSA) is 55.8 Å². The van der Waals surface area contributed by atoms with E-state index in [1.54, 1.807) is 26.2 Å². The molecular weight excluding hydrogens is 268 g/mol. The zero-order valence-corrected chi connectivity index (χ0v) is 11.7. The fourth-order valence-corrected chi connectivity index (χ4v) is 2.26. The Kier molecular flexibility index (Phi) is 3.14. The Balaban J connectivity index is 2.01. The average molecular weight is 282 g/mol. The molecule has 0 saturated heterocycles. The second-order valence-corrected chi connectivity index (χ2v) is 4.80. The number of ether oxygens (including phenoxy) is 2. The maximum absolute atomic E-state index is 12.3. The Labute approximate surface area is 122 Å². The smallest absolute Gasteiger partial charge is 0.231 e. The normalized spacial score (nSPS) is 15.0. The van der Waals surface area contributed by atoms with E-state index in [9.17, 15) is 9.90 Å². The van der Waals surface area contributed by atoms with Crippen LogP contribution in [0.25, 0.3) is 6.08 Å². The molecule has 3 rings (SSSR count). The number of phenolic OH excluding ortho intramolecular Hbond substituents is 1. The van der Waals surface area contributed by atoms with Gasteiger partial charge >= 0.3 is 0 Å². The van der Waals surface area contributed by atoms with Crippen molar-refractivity contribution in [3.8, 4) is 17.2 Å². The van der Waals surface area contributed by atoms with Crippen molar-refractivity contribution in [3.05, 3.63) is 58.8 Å².